The molecule has 0 aromatic carbocycles. The normalized spacial score (nSPS) is 26.6. The highest BCUT2D eigenvalue weighted by molar-refractivity contribution is 5.04. The van der Waals surface area contributed by atoms with Crippen LogP contribution in [0.15, 0.2) is 12.2 Å². The van der Waals surface area contributed by atoms with E-state index in [1.54, 1.807) is 0 Å². The van der Waals surface area contributed by atoms with Gasteiger partial charge >= 0.3 is 0 Å². The van der Waals surface area contributed by atoms with Gasteiger partial charge in [0.1, 0.15) is 0 Å². The highest BCUT2D eigenvalue weighted by atomic mass is 16.5. The largest absolute Gasteiger partial charge is 0.370 e. The zero-order valence-electron chi connectivity index (χ0n) is 8.55. The van der Waals surface area contributed by atoms with Crippen LogP contribution in [-0.2, 0) is 4.74 Å². The molecule has 1 aliphatic heterocycles. The average molecular weight is 178 g/mol. The zero-order valence-corrected chi connectivity index (χ0v) is 8.55. The Morgan fingerprint density at radius 2 is 2.38 bits per heavy atom. The number of ether oxygens (including phenoxy) is 1. The standard InChI is InChI=1S/C12H18O/c1-3-5-8-12-10-6-9-11(13-12)7-4-2/h6,10-12H,4,7-9H2,1-2H3. The lowest BCUT2D eigenvalue weighted by Crippen LogP contribution is -2.23. The van der Waals surface area contributed by atoms with Gasteiger partial charge in [-0.05, 0) is 19.8 Å². The van der Waals surface area contributed by atoms with Crippen molar-refractivity contribution in [1.29, 1.82) is 0 Å². The van der Waals surface area contributed by atoms with Crippen molar-refractivity contribution in [2.24, 2.45) is 0 Å². The van der Waals surface area contributed by atoms with Gasteiger partial charge in [-0.1, -0.05) is 25.5 Å². The van der Waals surface area contributed by atoms with Crippen LogP contribution >= 0.6 is 0 Å². The minimum atomic E-state index is 0.234. The van der Waals surface area contributed by atoms with Crippen LogP contribution in [0.1, 0.15) is 39.5 Å². The summed E-state index contributed by atoms with van der Waals surface area (Å²) in [5.41, 5.74) is 0. The minimum absolute atomic E-state index is 0.234. The highest BCUT2D eigenvalue weighted by Gasteiger charge is 2.15. The Balaban J connectivity index is 2.35. The van der Waals surface area contributed by atoms with E-state index in [2.05, 4.69) is 30.9 Å². The third kappa shape index (κ3) is 3.65. The second-order valence-electron chi connectivity index (χ2n) is 3.38. The number of hydrogen-bond donors (Lipinski definition) is 0. The lowest BCUT2D eigenvalue weighted by Gasteiger charge is -2.24. The molecule has 13 heavy (non-hydrogen) atoms. The van der Waals surface area contributed by atoms with E-state index >= 15 is 0 Å². The second-order valence-corrected chi connectivity index (χ2v) is 3.38. The fourth-order valence-electron chi connectivity index (χ4n) is 1.56. The van der Waals surface area contributed by atoms with Crippen molar-refractivity contribution in [3.63, 3.8) is 0 Å². The predicted octanol–water partition coefficient (Wildman–Crippen LogP) is 2.91. The van der Waals surface area contributed by atoms with Gasteiger partial charge in [-0.3, -0.25) is 0 Å². The molecule has 1 heterocycles. The third-order valence-corrected chi connectivity index (χ3v) is 2.21. The fraction of sp³-hybridized carbons (Fsp3) is 0.667. The molecule has 0 aromatic heterocycles. The van der Waals surface area contributed by atoms with Crippen LogP contribution in [-0.4, -0.2) is 12.2 Å². The Hall–Kier alpha value is -0.740. The van der Waals surface area contributed by atoms with Crippen molar-refractivity contribution in [1.82, 2.24) is 0 Å². The maximum Gasteiger partial charge on any atom is 0.0868 e. The van der Waals surface area contributed by atoms with Gasteiger partial charge in [0.2, 0.25) is 0 Å². The first-order valence-corrected chi connectivity index (χ1v) is 5.08. The van der Waals surface area contributed by atoms with Crippen LogP contribution < -0.4 is 0 Å². The van der Waals surface area contributed by atoms with E-state index in [-0.39, 0.29) is 6.10 Å². The van der Waals surface area contributed by atoms with Crippen molar-refractivity contribution < 1.29 is 4.74 Å². The molecule has 2 unspecified atom stereocenters. The summed E-state index contributed by atoms with van der Waals surface area (Å²) >= 11 is 0. The molecule has 72 valence electrons. The quantitative estimate of drug-likeness (QED) is 0.477. The lowest BCUT2D eigenvalue weighted by atomic mass is 10.1. The predicted molar refractivity (Wildman–Crippen MR) is 55.4 cm³/mol. The summed E-state index contributed by atoms with van der Waals surface area (Å²) < 4.78 is 5.84. The van der Waals surface area contributed by atoms with E-state index in [9.17, 15) is 0 Å². The van der Waals surface area contributed by atoms with Crippen molar-refractivity contribution in [3.05, 3.63) is 12.2 Å². The molecule has 1 heteroatoms. The fourth-order valence-corrected chi connectivity index (χ4v) is 1.56. The SMILES string of the molecule is CC#CCC1C=CCC(CCC)O1. The summed E-state index contributed by atoms with van der Waals surface area (Å²) in [4.78, 5) is 0. The smallest absolute Gasteiger partial charge is 0.0868 e. The monoisotopic (exact) mass is 178 g/mol. The molecule has 0 radical (unpaired) electrons. The van der Waals surface area contributed by atoms with Crippen LogP contribution in [0.3, 0.4) is 0 Å². The van der Waals surface area contributed by atoms with Gasteiger partial charge in [0.15, 0.2) is 0 Å². The van der Waals surface area contributed by atoms with Gasteiger partial charge in [0.05, 0.1) is 12.2 Å². The third-order valence-electron chi connectivity index (χ3n) is 2.21. The first kappa shape index (κ1) is 10.3. The number of hydrogen-bond acceptors (Lipinski definition) is 1. The Bertz CT molecular complexity index is 219. The van der Waals surface area contributed by atoms with Gasteiger partial charge in [0, 0.05) is 6.42 Å². The van der Waals surface area contributed by atoms with Crippen molar-refractivity contribution in [3.8, 4) is 11.8 Å². The van der Waals surface area contributed by atoms with Gasteiger partial charge < -0.3 is 4.74 Å². The molecule has 2 atom stereocenters. The second kappa shape index (κ2) is 5.83. The summed E-state index contributed by atoms with van der Waals surface area (Å²) in [7, 11) is 0. The molecule has 0 aromatic rings. The van der Waals surface area contributed by atoms with E-state index in [0.29, 0.717) is 6.10 Å². The van der Waals surface area contributed by atoms with E-state index < -0.39 is 0 Å². The maximum atomic E-state index is 5.84. The first-order chi connectivity index (χ1) is 6.36. The van der Waals surface area contributed by atoms with Crippen LogP contribution in [0.25, 0.3) is 0 Å². The van der Waals surface area contributed by atoms with Crippen LogP contribution in [0.5, 0.6) is 0 Å². The average Bonchev–Trinajstić information content (AvgIpc) is 2.16. The summed E-state index contributed by atoms with van der Waals surface area (Å²) in [5, 5.41) is 0. The molecule has 0 saturated heterocycles. The van der Waals surface area contributed by atoms with Gasteiger partial charge in [0.25, 0.3) is 0 Å². The molecule has 1 rings (SSSR count). The van der Waals surface area contributed by atoms with Crippen LogP contribution in [0.4, 0.5) is 0 Å². The van der Waals surface area contributed by atoms with Crippen molar-refractivity contribution in [2.45, 2.75) is 51.7 Å². The molecule has 0 amide bonds. The molecule has 1 aliphatic rings. The minimum Gasteiger partial charge on any atom is -0.370 e. The van der Waals surface area contributed by atoms with E-state index in [1.165, 1.54) is 12.8 Å². The van der Waals surface area contributed by atoms with E-state index in [4.69, 9.17) is 4.74 Å². The molecular formula is C12H18O. The Morgan fingerprint density at radius 1 is 1.54 bits per heavy atom. The Kier molecular flexibility index (Phi) is 4.64. The summed E-state index contributed by atoms with van der Waals surface area (Å²) in [6.07, 6.45) is 9.31. The topological polar surface area (TPSA) is 9.23 Å². The Labute approximate surface area is 81.2 Å². The zero-order chi connectivity index (χ0) is 9.52. The lowest BCUT2D eigenvalue weighted by molar-refractivity contribution is 0.00410. The Morgan fingerprint density at radius 3 is 3.08 bits per heavy atom. The molecule has 0 spiro atoms. The van der Waals surface area contributed by atoms with Crippen LogP contribution in [0, 0.1) is 11.8 Å². The molecule has 0 fully saturated rings. The van der Waals surface area contributed by atoms with Gasteiger partial charge in [-0.15, -0.1) is 11.8 Å². The molecule has 0 saturated carbocycles. The molecule has 0 aliphatic carbocycles. The summed E-state index contributed by atoms with van der Waals surface area (Å²) in [6, 6.07) is 0. The first-order valence-electron chi connectivity index (χ1n) is 5.08. The van der Waals surface area contributed by atoms with Crippen molar-refractivity contribution >= 4 is 0 Å². The molecule has 0 bridgehead atoms. The van der Waals surface area contributed by atoms with Gasteiger partial charge in [-0.2, -0.15) is 0 Å². The highest BCUT2D eigenvalue weighted by Crippen LogP contribution is 2.17. The van der Waals surface area contributed by atoms with Crippen molar-refractivity contribution in [2.75, 3.05) is 0 Å². The van der Waals surface area contributed by atoms with Crippen LogP contribution in [0.2, 0.25) is 0 Å². The van der Waals surface area contributed by atoms with E-state index in [0.717, 1.165) is 12.8 Å². The molecule has 0 N–H and O–H groups in total. The summed E-state index contributed by atoms with van der Waals surface area (Å²) in [6.45, 7) is 4.07. The molecular weight excluding hydrogens is 160 g/mol. The maximum absolute atomic E-state index is 5.84. The van der Waals surface area contributed by atoms with E-state index in [1.807, 2.05) is 6.92 Å². The number of rotatable bonds is 3. The molecule has 1 nitrogen and oxygen atoms in total. The summed E-state index contributed by atoms with van der Waals surface area (Å²) in [5.74, 6) is 5.95. The van der Waals surface area contributed by atoms with Gasteiger partial charge in [-0.25, -0.2) is 0 Å².